The molecule has 0 aliphatic carbocycles. The largest absolute Gasteiger partial charge is 0.462 e. The maximum absolute atomic E-state index is 12.8. The summed E-state index contributed by atoms with van der Waals surface area (Å²) in [6, 6.07) is 13.9. The van der Waals surface area contributed by atoms with Crippen molar-refractivity contribution in [2.24, 2.45) is 0 Å². The number of ether oxygens (including phenoxy) is 1. The molecule has 0 aromatic heterocycles. The first-order chi connectivity index (χ1) is 12.6. The van der Waals surface area contributed by atoms with E-state index in [9.17, 15) is 14.4 Å². The van der Waals surface area contributed by atoms with Crippen LogP contribution in [0.15, 0.2) is 48.5 Å². The summed E-state index contributed by atoms with van der Waals surface area (Å²) in [7, 11) is 0. The molecule has 2 aromatic carbocycles. The molecule has 1 atom stereocenters. The van der Waals surface area contributed by atoms with Gasteiger partial charge in [0.05, 0.1) is 17.9 Å². The van der Waals surface area contributed by atoms with Crippen LogP contribution in [0.1, 0.15) is 22.8 Å². The molecule has 1 saturated heterocycles. The number of fused-ring (bicyclic) bond motifs is 2. The second-order valence-corrected chi connectivity index (χ2v) is 7.10. The van der Waals surface area contributed by atoms with Crippen molar-refractivity contribution in [1.29, 1.82) is 0 Å². The number of nitrogens with one attached hydrogen (secondary N) is 1. The van der Waals surface area contributed by atoms with Crippen LogP contribution in [0.2, 0.25) is 0 Å². The first-order valence-corrected chi connectivity index (χ1v) is 9.21. The molecule has 2 aliphatic rings. The van der Waals surface area contributed by atoms with Gasteiger partial charge in [0.1, 0.15) is 0 Å². The molecule has 132 valence electrons. The Morgan fingerprint density at radius 2 is 1.92 bits per heavy atom. The van der Waals surface area contributed by atoms with Crippen molar-refractivity contribution < 1.29 is 19.1 Å². The van der Waals surface area contributed by atoms with Crippen molar-refractivity contribution in [2.45, 2.75) is 11.8 Å². The minimum atomic E-state index is -1.11. The highest BCUT2D eigenvalue weighted by molar-refractivity contribution is 8.02. The molecular formula is C19H16N2O4S. The summed E-state index contributed by atoms with van der Waals surface area (Å²) in [5, 5.41) is 2.87. The number of hydrogen-bond acceptors (Lipinski definition) is 5. The van der Waals surface area contributed by atoms with E-state index in [4.69, 9.17) is 4.74 Å². The number of hydrogen-bond donors (Lipinski definition) is 1. The minimum Gasteiger partial charge on any atom is -0.462 e. The summed E-state index contributed by atoms with van der Waals surface area (Å²) in [4.78, 5) is 37.7. The van der Waals surface area contributed by atoms with Gasteiger partial charge in [0.25, 0.3) is 5.91 Å². The summed E-state index contributed by atoms with van der Waals surface area (Å²) in [6.45, 7) is 2.04. The van der Waals surface area contributed by atoms with Gasteiger partial charge in [-0.25, -0.2) is 4.79 Å². The zero-order chi connectivity index (χ0) is 18.3. The number of amides is 2. The van der Waals surface area contributed by atoms with Crippen LogP contribution in [0.3, 0.4) is 0 Å². The number of thioether (sulfide) groups is 1. The Morgan fingerprint density at radius 3 is 2.65 bits per heavy atom. The molecule has 1 N–H and O–H groups in total. The predicted molar refractivity (Wildman–Crippen MR) is 99.1 cm³/mol. The molecule has 1 spiro atoms. The third kappa shape index (κ3) is 2.31. The van der Waals surface area contributed by atoms with Crippen LogP contribution >= 0.6 is 11.8 Å². The molecule has 2 aliphatic heterocycles. The van der Waals surface area contributed by atoms with Crippen molar-refractivity contribution in [3.8, 4) is 0 Å². The Hall–Kier alpha value is -2.80. The monoisotopic (exact) mass is 368 g/mol. The third-order valence-corrected chi connectivity index (χ3v) is 5.85. The maximum Gasteiger partial charge on any atom is 0.338 e. The first kappa shape index (κ1) is 16.7. The lowest BCUT2D eigenvalue weighted by atomic mass is 10.0. The topological polar surface area (TPSA) is 75.7 Å². The Labute approximate surface area is 154 Å². The lowest BCUT2D eigenvalue weighted by Crippen LogP contribution is -2.47. The zero-order valence-corrected chi connectivity index (χ0v) is 14.8. The van der Waals surface area contributed by atoms with Gasteiger partial charge < -0.3 is 10.1 Å². The quantitative estimate of drug-likeness (QED) is 0.843. The van der Waals surface area contributed by atoms with E-state index in [0.29, 0.717) is 23.5 Å². The lowest BCUT2D eigenvalue weighted by Gasteiger charge is -2.32. The van der Waals surface area contributed by atoms with Crippen LogP contribution in [0.25, 0.3) is 0 Å². The fraction of sp³-hybridized carbons (Fsp3) is 0.211. The van der Waals surface area contributed by atoms with E-state index in [-0.39, 0.29) is 17.6 Å². The highest BCUT2D eigenvalue weighted by atomic mass is 32.2. The zero-order valence-electron chi connectivity index (χ0n) is 14.0. The van der Waals surface area contributed by atoms with Gasteiger partial charge in [-0.3, -0.25) is 14.5 Å². The van der Waals surface area contributed by atoms with E-state index < -0.39 is 10.8 Å². The Balaban J connectivity index is 1.77. The second-order valence-electron chi connectivity index (χ2n) is 5.93. The van der Waals surface area contributed by atoms with Crippen LogP contribution in [-0.4, -0.2) is 30.1 Å². The van der Waals surface area contributed by atoms with E-state index in [1.165, 1.54) is 16.7 Å². The summed E-state index contributed by atoms with van der Waals surface area (Å²) >= 11 is 1.31. The van der Waals surface area contributed by atoms with Gasteiger partial charge in [-0.05, 0) is 37.3 Å². The van der Waals surface area contributed by atoms with Crippen LogP contribution in [0, 0.1) is 0 Å². The van der Waals surface area contributed by atoms with Gasteiger partial charge in [0.2, 0.25) is 10.8 Å². The normalized spacial score (nSPS) is 21.0. The molecule has 2 heterocycles. The maximum atomic E-state index is 12.8. The summed E-state index contributed by atoms with van der Waals surface area (Å²) in [5.41, 5.74) is 2.46. The van der Waals surface area contributed by atoms with Gasteiger partial charge in [0.15, 0.2) is 0 Å². The van der Waals surface area contributed by atoms with E-state index in [1.54, 1.807) is 31.2 Å². The summed E-state index contributed by atoms with van der Waals surface area (Å²) in [5.74, 6) is -0.587. The van der Waals surface area contributed by atoms with Crippen molar-refractivity contribution in [1.82, 2.24) is 0 Å². The number of esters is 1. The van der Waals surface area contributed by atoms with Crippen LogP contribution < -0.4 is 10.2 Å². The Kier molecular flexibility index (Phi) is 3.96. The fourth-order valence-electron chi connectivity index (χ4n) is 3.34. The molecule has 6 nitrogen and oxygen atoms in total. The van der Waals surface area contributed by atoms with Gasteiger partial charge in [-0.1, -0.05) is 18.2 Å². The molecular weight excluding hydrogens is 352 g/mol. The number of anilines is 2. The van der Waals surface area contributed by atoms with Crippen molar-refractivity contribution in [3.05, 3.63) is 59.7 Å². The van der Waals surface area contributed by atoms with E-state index >= 15 is 0 Å². The average molecular weight is 368 g/mol. The highest BCUT2D eigenvalue weighted by Gasteiger charge is 2.58. The smallest absolute Gasteiger partial charge is 0.338 e. The van der Waals surface area contributed by atoms with Gasteiger partial charge >= 0.3 is 5.97 Å². The van der Waals surface area contributed by atoms with Gasteiger partial charge in [-0.2, -0.15) is 0 Å². The number of rotatable bonds is 3. The second kappa shape index (κ2) is 6.17. The fourth-order valence-corrected chi connectivity index (χ4v) is 4.65. The molecule has 7 heteroatoms. The molecule has 0 bridgehead atoms. The molecule has 1 fully saturated rings. The average Bonchev–Trinajstić information content (AvgIpc) is 3.14. The predicted octanol–water partition coefficient (Wildman–Crippen LogP) is 2.75. The Morgan fingerprint density at radius 1 is 1.19 bits per heavy atom. The summed E-state index contributed by atoms with van der Waals surface area (Å²) < 4.78 is 4.98. The SMILES string of the molecule is CCOC(=O)c1ccc(N2C(=O)CSC23C(=O)Nc2ccccc23)cc1. The van der Waals surface area contributed by atoms with Crippen molar-refractivity contribution >= 4 is 40.9 Å². The Bertz CT molecular complexity index is 912. The van der Waals surface area contributed by atoms with E-state index in [1.807, 2.05) is 24.3 Å². The van der Waals surface area contributed by atoms with Crippen LogP contribution in [0.5, 0.6) is 0 Å². The number of para-hydroxylation sites is 1. The summed E-state index contributed by atoms with van der Waals surface area (Å²) in [6.07, 6.45) is 0. The highest BCUT2D eigenvalue weighted by Crippen LogP contribution is 2.53. The number of carbonyl (C=O) groups is 3. The van der Waals surface area contributed by atoms with Gasteiger partial charge in [0, 0.05) is 16.9 Å². The molecule has 4 rings (SSSR count). The number of carbonyl (C=O) groups excluding carboxylic acids is 3. The molecule has 26 heavy (non-hydrogen) atoms. The van der Waals surface area contributed by atoms with Crippen molar-refractivity contribution in [2.75, 3.05) is 22.6 Å². The molecule has 1 unspecified atom stereocenters. The third-order valence-electron chi connectivity index (χ3n) is 4.45. The van der Waals surface area contributed by atoms with Crippen molar-refractivity contribution in [3.63, 3.8) is 0 Å². The van der Waals surface area contributed by atoms with Crippen LogP contribution in [0.4, 0.5) is 11.4 Å². The molecule has 0 saturated carbocycles. The number of benzene rings is 2. The molecule has 2 amide bonds. The first-order valence-electron chi connectivity index (χ1n) is 8.23. The lowest BCUT2D eigenvalue weighted by molar-refractivity contribution is -0.122. The molecule has 2 aromatic rings. The minimum absolute atomic E-state index is 0.147. The van der Waals surface area contributed by atoms with E-state index in [0.717, 1.165) is 5.56 Å². The molecule has 0 radical (unpaired) electrons. The van der Waals surface area contributed by atoms with E-state index in [2.05, 4.69) is 5.32 Å². The van der Waals surface area contributed by atoms with Crippen LogP contribution in [-0.2, 0) is 19.2 Å². The van der Waals surface area contributed by atoms with Gasteiger partial charge in [-0.15, -0.1) is 11.8 Å². The standard InChI is InChI=1S/C19H16N2O4S/c1-2-25-17(23)12-7-9-13(10-8-12)21-16(22)11-26-19(21)14-5-3-4-6-15(14)20-18(19)24/h3-10H,2,11H2,1H3,(H,20,24). The number of nitrogens with zero attached hydrogens (tertiary/aromatic N) is 1.